The maximum Gasteiger partial charge on any atom is 0.305 e. The van der Waals surface area contributed by atoms with Crippen LogP contribution < -0.4 is 0 Å². The van der Waals surface area contributed by atoms with Crippen molar-refractivity contribution in [2.24, 2.45) is 5.41 Å². The molecule has 0 aromatic heterocycles. The molecule has 4 heteroatoms. The molecule has 0 bridgehead atoms. The molecule has 2 nitrogen and oxygen atoms in total. The maximum absolute atomic E-state index is 12.8. The van der Waals surface area contributed by atoms with E-state index in [9.17, 15) is 12.3 Å². The highest BCUT2D eigenvalue weighted by Crippen LogP contribution is 2.55. The molecule has 0 radical (unpaired) electrons. The highest BCUT2D eigenvalue weighted by atomic mass is 32.3. The zero-order chi connectivity index (χ0) is 8.82. The van der Waals surface area contributed by atoms with Crippen LogP contribution in [0.3, 0.4) is 0 Å². The van der Waals surface area contributed by atoms with Crippen LogP contribution in [0.5, 0.6) is 0 Å². The van der Waals surface area contributed by atoms with Crippen LogP contribution in [0.1, 0.15) is 38.5 Å². The van der Waals surface area contributed by atoms with Crippen molar-refractivity contribution in [1.82, 2.24) is 0 Å². The molecule has 2 aliphatic rings. The van der Waals surface area contributed by atoms with E-state index in [0.717, 1.165) is 32.1 Å². The summed E-state index contributed by atoms with van der Waals surface area (Å²) in [5.41, 5.74) is -0.145. The molecule has 1 spiro atoms. The van der Waals surface area contributed by atoms with E-state index in [1.54, 1.807) is 0 Å². The van der Waals surface area contributed by atoms with Crippen LogP contribution in [0.25, 0.3) is 0 Å². The molecular weight excluding hydrogens is 179 g/mol. The third kappa shape index (κ3) is 1.08. The molecule has 0 heterocycles. The van der Waals surface area contributed by atoms with Gasteiger partial charge in [-0.05, 0) is 31.1 Å². The summed E-state index contributed by atoms with van der Waals surface area (Å²) in [4.78, 5) is 0. The topological polar surface area (TPSA) is 34.1 Å². The summed E-state index contributed by atoms with van der Waals surface area (Å²) in [6.45, 7) is 0. The molecule has 0 amide bonds. The van der Waals surface area contributed by atoms with E-state index in [4.69, 9.17) is 0 Å². The van der Waals surface area contributed by atoms with Crippen molar-refractivity contribution in [3.8, 4) is 0 Å². The van der Waals surface area contributed by atoms with Gasteiger partial charge in [-0.3, -0.25) is 0 Å². The minimum Gasteiger partial charge on any atom is -0.195 e. The summed E-state index contributed by atoms with van der Waals surface area (Å²) in [5, 5.41) is -0.668. The first-order chi connectivity index (χ1) is 5.55. The first-order valence-electron chi connectivity index (χ1n) is 4.48. The lowest BCUT2D eigenvalue weighted by atomic mass is 9.67. The largest absolute Gasteiger partial charge is 0.305 e. The first kappa shape index (κ1) is 8.48. The second kappa shape index (κ2) is 2.44. The van der Waals surface area contributed by atoms with Crippen molar-refractivity contribution in [3.05, 3.63) is 0 Å². The molecule has 1 atom stereocenters. The highest BCUT2D eigenvalue weighted by molar-refractivity contribution is 7.87. The SMILES string of the molecule is O=S(=O)(F)C1CCCC12CCC2. The van der Waals surface area contributed by atoms with E-state index in [1.807, 2.05) is 0 Å². The predicted molar refractivity (Wildman–Crippen MR) is 44.0 cm³/mol. The summed E-state index contributed by atoms with van der Waals surface area (Å²) in [6.07, 6.45) is 5.25. The number of hydrogen-bond donors (Lipinski definition) is 0. The van der Waals surface area contributed by atoms with Crippen LogP contribution in [-0.2, 0) is 10.2 Å². The van der Waals surface area contributed by atoms with Crippen molar-refractivity contribution < 1.29 is 12.3 Å². The summed E-state index contributed by atoms with van der Waals surface area (Å²) < 4.78 is 34.3. The van der Waals surface area contributed by atoms with Crippen molar-refractivity contribution in [2.45, 2.75) is 43.8 Å². The molecular formula is C8H13FO2S. The smallest absolute Gasteiger partial charge is 0.195 e. The van der Waals surface area contributed by atoms with E-state index >= 15 is 0 Å². The molecule has 2 saturated carbocycles. The molecule has 1 unspecified atom stereocenters. The van der Waals surface area contributed by atoms with Crippen LogP contribution >= 0.6 is 0 Å². The van der Waals surface area contributed by atoms with Gasteiger partial charge in [-0.15, -0.1) is 3.89 Å². The number of rotatable bonds is 1. The third-order valence-electron chi connectivity index (χ3n) is 3.51. The van der Waals surface area contributed by atoms with Gasteiger partial charge in [-0.25, -0.2) is 0 Å². The van der Waals surface area contributed by atoms with E-state index in [0.29, 0.717) is 6.42 Å². The van der Waals surface area contributed by atoms with E-state index in [-0.39, 0.29) is 5.41 Å². The summed E-state index contributed by atoms with van der Waals surface area (Å²) in [6, 6.07) is 0. The molecule has 0 saturated heterocycles. The minimum absolute atomic E-state index is 0.145. The molecule has 70 valence electrons. The van der Waals surface area contributed by atoms with Gasteiger partial charge in [0.1, 0.15) is 0 Å². The van der Waals surface area contributed by atoms with Gasteiger partial charge in [-0.1, -0.05) is 12.8 Å². The zero-order valence-corrected chi connectivity index (χ0v) is 7.74. The Kier molecular flexibility index (Phi) is 1.72. The van der Waals surface area contributed by atoms with Gasteiger partial charge >= 0.3 is 10.2 Å². The van der Waals surface area contributed by atoms with E-state index in [2.05, 4.69) is 0 Å². The average molecular weight is 192 g/mol. The average Bonchev–Trinajstić information content (AvgIpc) is 2.25. The van der Waals surface area contributed by atoms with Gasteiger partial charge in [0.05, 0.1) is 5.25 Å². The standard InChI is InChI=1S/C8H13FO2S/c9-12(10,11)7-3-1-4-8(7)5-2-6-8/h7H,1-6H2. The van der Waals surface area contributed by atoms with Gasteiger partial charge < -0.3 is 0 Å². The Morgan fingerprint density at radius 3 is 2.08 bits per heavy atom. The molecule has 12 heavy (non-hydrogen) atoms. The van der Waals surface area contributed by atoms with Gasteiger partial charge in [0.2, 0.25) is 0 Å². The highest BCUT2D eigenvalue weighted by Gasteiger charge is 2.52. The lowest BCUT2D eigenvalue weighted by molar-refractivity contribution is 0.145. The lowest BCUT2D eigenvalue weighted by Crippen LogP contribution is -2.40. The number of halogens is 1. The second-order valence-corrected chi connectivity index (χ2v) is 5.59. The summed E-state index contributed by atoms with van der Waals surface area (Å²) in [7, 11) is -4.27. The van der Waals surface area contributed by atoms with Crippen LogP contribution in [0.4, 0.5) is 3.89 Å². The first-order valence-corrected chi connectivity index (χ1v) is 5.93. The van der Waals surface area contributed by atoms with Crippen LogP contribution in [0, 0.1) is 5.41 Å². The van der Waals surface area contributed by atoms with E-state index < -0.39 is 15.5 Å². The Labute approximate surface area is 72.4 Å². The van der Waals surface area contributed by atoms with Gasteiger partial charge in [0, 0.05) is 0 Å². The lowest BCUT2D eigenvalue weighted by Gasteiger charge is -2.41. The Morgan fingerprint density at radius 1 is 1.17 bits per heavy atom. The molecule has 2 rings (SSSR count). The van der Waals surface area contributed by atoms with Crippen LogP contribution in [-0.4, -0.2) is 13.7 Å². The fourth-order valence-electron chi connectivity index (χ4n) is 2.75. The second-order valence-electron chi connectivity index (χ2n) is 4.07. The minimum atomic E-state index is -4.27. The third-order valence-corrected chi connectivity index (χ3v) is 4.93. The van der Waals surface area contributed by atoms with Crippen molar-refractivity contribution in [1.29, 1.82) is 0 Å². The molecule has 0 aromatic rings. The molecule has 2 aliphatic carbocycles. The molecule has 2 fully saturated rings. The molecule has 0 aliphatic heterocycles. The van der Waals surface area contributed by atoms with Crippen LogP contribution in [0.2, 0.25) is 0 Å². The Bertz CT molecular complexity index is 279. The fraction of sp³-hybridized carbons (Fsp3) is 1.00. The van der Waals surface area contributed by atoms with E-state index in [1.165, 1.54) is 0 Å². The van der Waals surface area contributed by atoms with Crippen molar-refractivity contribution >= 4 is 10.2 Å². The van der Waals surface area contributed by atoms with Gasteiger partial charge in [0.25, 0.3) is 0 Å². The maximum atomic E-state index is 12.8. The normalized spacial score (nSPS) is 33.6. The Balaban J connectivity index is 2.26. The zero-order valence-electron chi connectivity index (χ0n) is 6.92. The molecule has 0 aromatic carbocycles. The fourth-order valence-corrected chi connectivity index (χ4v) is 4.15. The predicted octanol–water partition coefficient (Wildman–Crippen LogP) is 2.01. The van der Waals surface area contributed by atoms with Crippen LogP contribution in [0.15, 0.2) is 0 Å². The Morgan fingerprint density at radius 2 is 1.75 bits per heavy atom. The monoisotopic (exact) mass is 192 g/mol. The van der Waals surface area contributed by atoms with Gasteiger partial charge in [-0.2, -0.15) is 8.42 Å². The Hall–Kier alpha value is -0.120. The quantitative estimate of drug-likeness (QED) is 0.595. The molecule has 0 N–H and O–H groups in total. The number of hydrogen-bond acceptors (Lipinski definition) is 2. The summed E-state index contributed by atoms with van der Waals surface area (Å²) >= 11 is 0. The van der Waals surface area contributed by atoms with Crippen molar-refractivity contribution in [2.75, 3.05) is 0 Å². The van der Waals surface area contributed by atoms with Crippen molar-refractivity contribution in [3.63, 3.8) is 0 Å². The summed E-state index contributed by atoms with van der Waals surface area (Å²) in [5.74, 6) is 0. The van der Waals surface area contributed by atoms with Gasteiger partial charge in [0.15, 0.2) is 0 Å².